The lowest BCUT2D eigenvalue weighted by molar-refractivity contribution is -0.134. The number of amides is 3. The Hall–Kier alpha value is -4.29. The molecule has 3 heterocycles. The van der Waals surface area contributed by atoms with Crippen molar-refractivity contribution in [3.8, 4) is 11.8 Å². The zero-order chi connectivity index (χ0) is 26.3. The summed E-state index contributed by atoms with van der Waals surface area (Å²) in [5, 5.41) is 10.9. The third-order valence-electron chi connectivity index (χ3n) is 6.72. The van der Waals surface area contributed by atoms with Gasteiger partial charge in [-0.3, -0.25) is 14.6 Å². The van der Waals surface area contributed by atoms with E-state index < -0.39 is 41.0 Å². The quantitative estimate of drug-likeness (QED) is 0.541. The number of piperazine rings is 1. The van der Waals surface area contributed by atoms with Gasteiger partial charge in [-0.1, -0.05) is 30.0 Å². The molecule has 37 heavy (non-hydrogen) atoms. The maximum absolute atomic E-state index is 15.2. The van der Waals surface area contributed by atoms with Gasteiger partial charge in [-0.25, -0.2) is 18.6 Å². The Bertz CT molecular complexity index is 1430. The summed E-state index contributed by atoms with van der Waals surface area (Å²) < 4.78 is 30.3. The molecule has 2 aliphatic rings. The van der Waals surface area contributed by atoms with Crippen LogP contribution in [0.2, 0.25) is 0 Å². The van der Waals surface area contributed by atoms with Gasteiger partial charge in [0, 0.05) is 36.8 Å². The SMILES string of the molecule is Cc1ccnc(N2CCN3C(=O)N(c4c(F)cc(C#Cc5ccccc5)cc4F)C(O)C[C@@]3(C)C2=O)c1. The second-order valence-electron chi connectivity index (χ2n) is 9.32. The maximum Gasteiger partial charge on any atom is 0.327 e. The number of pyridine rings is 1. The summed E-state index contributed by atoms with van der Waals surface area (Å²) in [4.78, 5) is 34.6. The van der Waals surface area contributed by atoms with Crippen LogP contribution in [0.4, 0.5) is 25.1 Å². The first-order valence-electron chi connectivity index (χ1n) is 11.8. The lowest BCUT2D eigenvalue weighted by atomic mass is 9.87. The monoisotopic (exact) mass is 502 g/mol. The number of hydrogen-bond acceptors (Lipinski definition) is 4. The van der Waals surface area contributed by atoms with Crippen LogP contribution in [-0.2, 0) is 4.79 Å². The van der Waals surface area contributed by atoms with Crippen LogP contribution < -0.4 is 9.80 Å². The van der Waals surface area contributed by atoms with E-state index in [4.69, 9.17) is 0 Å². The number of carbonyl (C=O) groups excluding carboxylic acids is 2. The molecule has 0 saturated carbocycles. The highest BCUT2D eigenvalue weighted by Gasteiger charge is 2.56. The van der Waals surface area contributed by atoms with E-state index in [0.717, 1.165) is 17.7 Å². The largest absolute Gasteiger partial charge is 0.373 e. The fourth-order valence-corrected chi connectivity index (χ4v) is 4.83. The molecule has 2 fully saturated rings. The zero-order valence-electron chi connectivity index (χ0n) is 20.3. The molecule has 0 bridgehead atoms. The molecular weight excluding hydrogens is 478 g/mol. The second kappa shape index (κ2) is 9.30. The Labute approximate surface area is 212 Å². The molecule has 2 aromatic carbocycles. The van der Waals surface area contributed by atoms with Crippen LogP contribution >= 0.6 is 0 Å². The minimum Gasteiger partial charge on any atom is -0.373 e. The van der Waals surface area contributed by atoms with Crippen LogP contribution in [0.5, 0.6) is 0 Å². The van der Waals surface area contributed by atoms with Crippen LogP contribution in [0.1, 0.15) is 30.0 Å². The molecule has 1 aromatic heterocycles. The van der Waals surface area contributed by atoms with E-state index in [1.165, 1.54) is 9.80 Å². The van der Waals surface area contributed by atoms with Gasteiger partial charge in [0.1, 0.15) is 23.3 Å². The Morgan fingerprint density at radius 2 is 1.68 bits per heavy atom. The number of urea groups is 1. The van der Waals surface area contributed by atoms with E-state index >= 15 is 8.78 Å². The summed E-state index contributed by atoms with van der Waals surface area (Å²) in [5.41, 5.74) is -0.414. The van der Waals surface area contributed by atoms with Gasteiger partial charge in [0.2, 0.25) is 0 Å². The van der Waals surface area contributed by atoms with Crippen molar-refractivity contribution >= 4 is 23.4 Å². The van der Waals surface area contributed by atoms with Gasteiger partial charge in [0.25, 0.3) is 5.91 Å². The van der Waals surface area contributed by atoms with Gasteiger partial charge < -0.3 is 10.0 Å². The fourth-order valence-electron chi connectivity index (χ4n) is 4.83. The third-order valence-corrected chi connectivity index (χ3v) is 6.72. The number of benzene rings is 2. The number of carbonyl (C=O) groups is 2. The highest BCUT2D eigenvalue weighted by atomic mass is 19.1. The number of nitrogens with zero attached hydrogens (tertiary/aromatic N) is 4. The molecule has 2 atom stereocenters. The van der Waals surface area contributed by atoms with Crippen LogP contribution in [0, 0.1) is 30.4 Å². The van der Waals surface area contributed by atoms with Crippen LogP contribution in [0.25, 0.3) is 0 Å². The Kier molecular flexibility index (Phi) is 6.13. The molecule has 0 radical (unpaired) electrons. The van der Waals surface area contributed by atoms with Crippen molar-refractivity contribution in [2.24, 2.45) is 0 Å². The molecule has 2 saturated heterocycles. The molecule has 188 valence electrons. The zero-order valence-corrected chi connectivity index (χ0v) is 20.3. The highest BCUT2D eigenvalue weighted by Crippen LogP contribution is 2.39. The van der Waals surface area contributed by atoms with Crippen LogP contribution in [0.15, 0.2) is 60.8 Å². The van der Waals surface area contributed by atoms with E-state index in [2.05, 4.69) is 16.8 Å². The van der Waals surface area contributed by atoms with E-state index in [0.29, 0.717) is 16.3 Å². The number of aryl methyl sites for hydroxylation is 1. The summed E-state index contributed by atoms with van der Waals surface area (Å²) in [6, 6.07) is 13.7. The molecule has 9 heteroatoms. The van der Waals surface area contributed by atoms with Crippen LogP contribution in [-0.4, -0.2) is 51.8 Å². The maximum atomic E-state index is 15.2. The number of anilines is 2. The number of aliphatic hydroxyl groups is 1. The summed E-state index contributed by atoms with van der Waals surface area (Å²) in [6.07, 6.45) is -0.281. The van der Waals surface area contributed by atoms with Gasteiger partial charge in [0.05, 0.1) is 0 Å². The van der Waals surface area contributed by atoms with Gasteiger partial charge in [-0.15, -0.1) is 0 Å². The van der Waals surface area contributed by atoms with Gasteiger partial charge in [-0.05, 0) is 55.8 Å². The minimum atomic E-state index is -1.63. The van der Waals surface area contributed by atoms with Crippen molar-refractivity contribution in [2.45, 2.75) is 32.0 Å². The number of halogens is 2. The summed E-state index contributed by atoms with van der Waals surface area (Å²) in [5.74, 6) is 3.49. The van der Waals surface area contributed by atoms with Crippen LogP contribution in [0.3, 0.4) is 0 Å². The van der Waals surface area contributed by atoms with E-state index in [1.807, 2.05) is 13.0 Å². The number of hydrogen-bond donors (Lipinski definition) is 1. The predicted molar refractivity (Wildman–Crippen MR) is 134 cm³/mol. The number of aromatic nitrogens is 1. The molecule has 3 aromatic rings. The highest BCUT2D eigenvalue weighted by molar-refractivity contribution is 6.06. The second-order valence-corrected chi connectivity index (χ2v) is 9.32. The molecule has 0 aliphatic carbocycles. The van der Waals surface area contributed by atoms with Gasteiger partial charge in [-0.2, -0.15) is 0 Å². The molecule has 0 spiro atoms. The lowest BCUT2D eigenvalue weighted by Crippen LogP contribution is -2.73. The van der Waals surface area contributed by atoms with Crippen molar-refractivity contribution in [2.75, 3.05) is 22.9 Å². The average molecular weight is 503 g/mol. The molecular formula is C28H24F2N4O3. The minimum absolute atomic E-state index is 0.0841. The van der Waals surface area contributed by atoms with Crippen molar-refractivity contribution in [3.05, 3.63) is 89.1 Å². The fraction of sp³-hybridized carbons (Fsp3) is 0.250. The Morgan fingerprint density at radius 1 is 1.00 bits per heavy atom. The van der Waals surface area contributed by atoms with E-state index in [9.17, 15) is 14.7 Å². The smallest absolute Gasteiger partial charge is 0.327 e. The van der Waals surface area contributed by atoms with Gasteiger partial charge in [0.15, 0.2) is 11.6 Å². The normalized spacial score (nSPS) is 21.4. The molecule has 1 N–H and O–H groups in total. The van der Waals surface area contributed by atoms with Crippen molar-refractivity contribution in [1.82, 2.24) is 9.88 Å². The summed E-state index contributed by atoms with van der Waals surface area (Å²) >= 11 is 0. The number of aliphatic hydroxyl groups excluding tert-OH is 1. The first-order chi connectivity index (χ1) is 17.7. The van der Waals surface area contributed by atoms with Crippen molar-refractivity contribution in [3.63, 3.8) is 0 Å². The first kappa shape index (κ1) is 24.4. The Balaban J connectivity index is 1.44. The standard InChI is InChI=1S/C28H24F2N4O3/c1-18-10-11-31-23(14-18)32-12-13-33-27(37)34(24(35)17-28(33,2)26(32)36)25-21(29)15-20(16-22(25)30)9-8-19-6-4-3-5-7-19/h3-7,10-11,14-16,24,35H,12-13,17H2,1-2H3/t24?,28-/m0/s1. The molecule has 2 aliphatic heterocycles. The summed E-state index contributed by atoms with van der Waals surface area (Å²) in [6.45, 7) is 3.68. The van der Waals surface area contributed by atoms with Gasteiger partial charge >= 0.3 is 6.03 Å². The van der Waals surface area contributed by atoms with Crippen molar-refractivity contribution in [1.29, 1.82) is 0 Å². The molecule has 5 rings (SSSR count). The topological polar surface area (TPSA) is 77.0 Å². The number of fused-ring (bicyclic) bond motifs is 1. The Morgan fingerprint density at radius 3 is 2.35 bits per heavy atom. The number of rotatable bonds is 2. The molecule has 1 unspecified atom stereocenters. The third kappa shape index (κ3) is 4.30. The summed E-state index contributed by atoms with van der Waals surface area (Å²) in [7, 11) is 0. The van der Waals surface area contributed by atoms with E-state index in [1.54, 1.807) is 49.5 Å². The molecule has 7 nitrogen and oxygen atoms in total. The lowest BCUT2D eigenvalue weighted by Gasteiger charge is -2.53. The predicted octanol–water partition coefficient (Wildman–Crippen LogP) is 3.82. The molecule has 3 amide bonds. The van der Waals surface area contributed by atoms with E-state index in [-0.39, 0.29) is 25.1 Å². The first-order valence-corrected chi connectivity index (χ1v) is 11.8. The van der Waals surface area contributed by atoms with Crippen molar-refractivity contribution < 1.29 is 23.5 Å². The average Bonchev–Trinajstić information content (AvgIpc) is 2.86.